The summed E-state index contributed by atoms with van der Waals surface area (Å²) in [6.07, 6.45) is 44.9. The molecule has 0 aliphatic rings. The van der Waals surface area contributed by atoms with Crippen LogP contribution in [0.4, 0.5) is 0 Å². The smallest absolute Gasteiger partial charge is 0.306 e. The Hall–Kier alpha value is -1.92. The fourth-order valence-electron chi connectivity index (χ4n) is 6.66. The maximum atomic E-state index is 13.1. The van der Waals surface area contributed by atoms with Gasteiger partial charge in [-0.25, -0.2) is 0 Å². The van der Waals surface area contributed by atoms with Crippen molar-refractivity contribution in [3.05, 3.63) is 36.5 Å². The molecule has 0 bridgehead atoms. The largest absolute Gasteiger partial charge is 0.462 e. The van der Waals surface area contributed by atoms with Crippen LogP contribution in [0.5, 0.6) is 0 Å². The first-order valence-corrected chi connectivity index (χ1v) is 22.2. The van der Waals surface area contributed by atoms with Crippen molar-refractivity contribution < 1.29 is 24.5 Å². The quantitative estimate of drug-likeness (QED) is 0.0332. The molecule has 0 aromatic heterocycles. The van der Waals surface area contributed by atoms with E-state index in [1.807, 2.05) is 0 Å². The maximum absolute atomic E-state index is 13.1. The number of aliphatic hydroxyl groups excluding tert-OH is 2. The highest BCUT2D eigenvalue weighted by molar-refractivity contribution is 5.77. The molecule has 3 N–H and O–H groups in total. The Morgan fingerprint density at radius 2 is 1.04 bits per heavy atom. The predicted molar refractivity (Wildman–Crippen MR) is 222 cm³/mol. The van der Waals surface area contributed by atoms with Crippen LogP contribution < -0.4 is 5.32 Å². The molecule has 0 saturated heterocycles. The summed E-state index contributed by atoms with van der Waals surface area (Å²) in [5, 5.41) is 23.6. The van der Waals surface area contributed by atoms with E-state index < -0.39 is 18.2 Å². The molecule has 3 unspecified atom stereocenters. The standard InChI is InChI=1S/C46H85NO5/c1-4-7-10-13-16-19-21-22-24-27-30-33-36-39-46(51)52-42(37-34-31-28-25-18-15-12-9-6-3)40-45(50)47-43(41-48)44(49)38-35-32-29-26-23-20-17-14-11-8-5-2/h7,10,13,16,19,21,42-44,48-49H,4-6,8-9,11-12,14-15,17-18,20,22-41H2,1-3H3,(H,47,50)/b10-7+,16-13+,21-19-. The number of allylic oxidation sites excluding steroid dienone is 6. The Bertz CT molecular complexity index is 869. The average molecular weight is 732 g/mol. The molecular weight excluding hydrogens is 647 g/mol. The Morgan fingerprint density at radius 3 is 1.56 bits per heavy atom. The van der Waals surface area contributed by atoms with Crippen molar-refractivity contribution in [1.82, 2.24) is 5.32 Å². The van der Waals surface area contributed by atoms with E-state index in [9.17, 15) is 19.8 Å². The molecule has 0 heterocycles. The first-order chi connectivity index (χ1) is 25.5. The summed E-state index contributed by atoms with van der Waals surface area (Å²) in [5.74, 6) is -0.497. The summed E-state index contributed by atoms with van der Waals surface area (Å²) in [4.78, 5) is 25.9. The first-order valence-electron chi connectivity index (χ1n) is 22.2. The number of carbonyl (C=O) groups is 2. The van der Waals surface area contributed by atoms with Gasteiger partial charge in [-0.2, -0.15) is 0 Å². The Kier molecular flexibility index (Phi) is 38.8. The Morgan fingerprint density at radius 1 is 0.577 bits per heavy atom. The minimum absolute atomic E-state index is 0.0714. The molecule has 0 aromatic carbocycles. The Labute approximate surface area is 322 Å². The van der Waals surface area contributed by atoms with E-state index in [0.717, 1.165) is 77.0 Å². The number of unbranched alkanes of at least 4 members (excludes halogenated alkanes) is 23. The van der Waals surface area contributed by atoms with Crippen molar-refractivity contribution in [2.24, 2.45) is 0 Å². The van der Waals surface area contributed by atoms with Gasteiger partial charge in [-0.1, -0.05) is 198 Å². The third kappa shape index (κ3) is 35.1. The second-order valence-corrected chi connectivity index (χ2v) is 15.1. The zero-order valence-electron chi connectivity index (χ0n) is 34.4. The number of ether oxygens (including phenoxy) is 1. The van der Waals surface area contributed by atoms with E-state index in [2.05, 4.69) is 62.5 Å². The fourth-order valence-corrected chi connectivity index (χ4v) is 6.66. The van der Waals surface area contributed by atoms with Gasteiger partial charge in [0.25, 0.3) is 0 Å². The molecule has 0 fully saturated rings. The lowest BCUT2D eigenvalue weighted by molar-refractivity contribution is -0.151. The minimum atomic E-state index is -0.785. The van der Waals surface area contributed by atoms with Crippen molar-refractivity contribution in [3.8, 4) is 0 Å². The van der Waals surface area contributed by atoms with E-state index in [1.165, 1.54) is 96.3 Å². The summed E-state index contributed by atoms with van der Waals surface area (Å²) in [6, 6.07) is -0.699. The van der Waals surface area contributed by atoms with Crippen LogP contribution in [0.15, 0.2) is 36.5 Å². The highest BCUT2D eigenvalue weighted by Crippen LogP contribution is 2.17. The van der Waals surface area contributed by atoms with Gasteiger partial charge in [0.1, 0.15) is 6.10 Å². The zero-order valence-corrected chi connectivity index (χ0v) is 34.4. The van der Waals surface area contributed by atoms with Crippen LogP contribution in [-0.4, -0.2) is 46.9 Å². The monoisotopic (exact) mass is 732 g/mol. The van der Waals surface area contributed by atoms with Crippen molar-refractivity contribution in [2.45, 2.75) is 238 Å². The van der Waals surface area contributed by atoms with Gasteiger partial charge in [-0.3, -0.25) is 9.59 Å². The minimum Gasteiger partial charge on any atom is -0.462 e. The number of hydrogen-bond acceptors (Lipinski definition) is 5. The molecule has 0 saturated carbocycles. The third-order valence-corrected chi connectivity index (χ3v) is 10.0. The normalized spacial score (nSPS) is 13.7. The molecule has 0 radical (unpaired) electrons. The molecule has 52 heavy (non-hydrogen) atoms. The van der Waals surface area contributed by atoms with E-state index in [4.69, 9.17) is 4.74 Å². The van der Waals surface area contributed by atoms with Crippen LogP contribution in [0.1, 0.15) is 220 Å². The number of nitrogens with one attached hydrogen (secondary N) is 1. The maximum Gasteiger partial charge on any atom is 0.306 e. The number of hydrogen-bond donors (Lipinski definition) is 3. The van der Waals surface area contributed by atoms with E-state index in [0.29, 0.717) is 19.3 Å². The van der Waals surface area contributed by atoms with Crippen LogP contribution in [0, 0.1) is 0 Å². The van der Waals surface area contributed by atoms with E-state index >= 15 is 0 Å². The number of carbonyl (C=O) groups excluding carboxylic acids is 2. The SMILES string of the molecule is CC/C=C/C=C/C=C\CCCCCCCC(=O)OC(CCCCCCCCCCC)CC(=O)NC(CO)C(O)CCCCCCCCCCCCC. The van der Waals surface area contributed by atoms with Gasteiger partial charge in [-0.15, -0.1) is 0 Å². The first kappa shape index (κ1) is 50.1. The highest BCUT2D eigenvalue weighted by atomic mass is 16.5. The number of amides is 1. The van der Waals surface area contributed by atoms with Gasteiger partial charge in [0, 0.05) is 6.42 Å². The van der Waals surface area contributed by atoms with Crippen LogP contribution in [0.25, 0.3) is 0 Å². The van der Waals surface area contributed by atoms with Crippen LogP contribution in [0.3, 0.4) is 0 Å². The molecule has 0 rings (SSSR count). The van der Waals surface area contributed by atoms with Gasteiger partial charge in [-0.05, 0) is 44.9 Å². The third-order valence-electron chi connectivity index (χ3n) is 10.0. The molecule has 0 aliphatic carbocycles. The number of rotatable bonds is 39. The summed E-state index contributed by atoms with van der Waals surface area (Å²) >= 11 is 0. The number of esters is 1. The molecule has 304 valence electrons. The predicted octanol–water partition coefficient (Wildman–Crippen LogP) is 12.6. The van der Waals surface area contributed by atoms with E-state index in [1.54, 1.807) is 0 Å². The Balaban J connectivity index is 4.56. The highest BCUT2D eigenvalue weighted by Gasteiger charge is 2.24. The second-order valence-electron chi connectivity index (χ2n) is 15.1. The summed E-state index contributed by atoms with van der Waals surface area (Å²) in [7, 11) is 0. The zero-order chi connectivity index (χ0) is 38.2. The van der Waals surface area contributed by atoms with Gasteiger partial charge in [0.15, 0.2) is 0 Å². The van der Waals surface area contributed by atoms with Gasteiger partial charge in [0.05, 0.1) is 25.2 Å². The summed E-state index contributed by atoms with van der Waals surface area (Å²) < 4.78 is 5.87. The fraction of sp³-hybridized carbons (Fsp3) is 0.826. The molecule has 3 atom stereocenters. The van der Waals surface area contributed by atoms with Gasteiger partial charge in [0.2, 0.25) is 5.91 Å². The lowest BCUT2D eigenvalue weighted by Crippen LogP contribution is -2.46. The van der Waals surface area contributed by atoms with Crippen molar-refractivity contribution in [3.63, 3.8) is 0 Å². The lowest BCUT2D eigenvalue weighted by Gasteiger charge is -2.24. The van der Waals surface area contributed by atoms with Gasteiger partial charge >= 0.3 is 5.97 Å². The van der Waals surface area contributed by atoms with Crippen LogP contribution in [-0.2, 0) is 14.3 Å². The molecule has 6 heteroatoms. The summed E-state index contributed by atoms with van der Waals surface area (Å²) in [6.45, 7) is 6.31. The second kappa shape index (κ2) is 40.3. The number of aliphatic hydroxyl groups is 2. The topological polar surface area (TPSA) is 95.9 Å². The molecule has 1 amide bonds. The van der Waals surface area contributed by atoms with Gasteiger partial charge < -0.3 is 20.3 Å². The van der Waals surface area contributed by atoms with Crippen LogP contribution in [0.2, 0.25) is 0 Å². The molecule has 6 nitrogen and oxygen atoms in total. The summed E-state index contributed by atoms with van der Waals surface area (Å²) in [5.41, 5.74) is 0. The average Bonchev–Trinajstić information content (AvgIpc) is 3.13. The molecule has 0 aliphatic heterocycles. The van der Waals surface area contributed by atoms with Crippen molar-refractivity contribution in [2.75, 3.05) is 6.61 Å². The molecule has 0 aromatic rings. The van der Waals surface area contributed by atoms with Crippen molar-refractivity contribution >= 4 is 11.9 Å². The van der Waals surface area contributed by atoms with Crippen LogP contribution >= 0.6 is 0 Å². The lowest BCUT2D eigenvalue weighted by atomic mass is 10.0. The van der Waals surface area contributed by atoms with Crippen molar-refractivity contribution in [1.29, 1.82) is 0 Å². The molecular formula is C46H85NO5. The molecule has 0 spiro atoms. The van der Waals surface area contributed by atoms with E-state index in [-0.39, 0.29) is 24.9 Å².